The molecule has 0 radical (unpaired) electrons. The molecule has 18 heavy (non-hydrogen) atoms. The highest BCUT2D eigenvalue weighted by molar-refractivity contribution is 6.02. The van der Waals surface area contributed by atoms with E-state index in [0.29, 0.717) is 6.42 Å². The Labute approximate surface area is 107 Å². The van der Waals surface area contributed by atoms with Gasteiger partial charge in [-0.3, -0.25) is 9.59 Å². The number of carbonyl (C=O) groups excluding carboxylic acids is 2. The van der Waals surface area contributed by atoms with Crippen LogP contribution in [0.15, 0.2) is 18.2 Å². The Morgan fingerprint density at radius 2 is 2.22 bits per heavy atom. The highest BCUT2D eigenvalue weighted by atomic mass is 16.5. The quantitative estimate of drug-likeness (QED) is 0.769. The fourth-order valence-electron chi connectivity index (χ4n) is 2.58. The van der Waals surface area contributed by atoms with Gasteiger partial charge in [0.25, 0.3) is 0 Å². The number of Topliss-reactive ketones (excluding diaryl/α,β-unsaturated/α-hetero) is 1. The molecule has 1 aromatic rings. The number of benzene rings is 1. The second-order valence-electron chi connectivity index (χ2n) is 5.04. The van der Waals surface area contributed by atoms with Crippen LogP contribution in [0.25, 0.3) is 0 Å². The lowest BCUT2D eigenvalue weighted by Gasteiger charge is -2.12. The van der Waals surface area contributed by atoms with Crippen LogP contribution in [-0.2, 0) is 22.4 Å². The van der Waals surface area contributed by atoms with Gasteiger partial charge < -0.3 is 4.74 Å². The maximum Gasteiger partial charge on any atom is 0.308 e. The Morgan fingerprint density at radius 1 is 1.50 bits per heavy atom. The Bertz CT molecular complexity index is 491. The summed E-state index contributed by atoms with van der Waals surface area (Å²) in [6.45, 7) is 3.81. The monoisotopic (exact) mass is 246 g/mol. The molecular formula is C15H18O3. The van der Waals surface area contributed by atoms with E-state index in [2.05, 4.69) is 0 Å². The molecular weight excluding hydrogens is 228 g/mol. The molecule has 0 bridgehead atoms. The van der Waals surface area contributed by atoms with Crippen LogP contribution in [0.3, 0.4) is 0 Å². The number of hydrogen-bond acceptors (Lipinski definition) is 3. The van der Waals surface area contributed by atoms with E-state index in [9.17, 15) is 9.59 Å². The lowest BCUT2D eigenvalue weighted by molar-refractivity contribution is -0.144. The average molecular weight is 246 g/mol. The predicted molar refractivity (Wildman–Crippen MR) is 68.5 cm³/mol. The second-order valence-corrected chi connectivity index (χ2v) is 5.04. The normalized spacial score (nSPS) is 19.5. The van der Waals surface area contributed by atoms with Gasteiger partial charge in [0.1, 0.15) is 0 Å². The topological polar surface area (TPSA) is 43.4 Å². The third kappa shape index (κ3) is 2.17. The lowest BCUT2D eigenvalue weighted by atomic mass is 9.94. The second kappa shape index (κ2) is 4.92. The molecule has 0 heterocycles. The van der Waals surface area contributed by atoms with Crippen LogP contribution < -0.4 is 0 Å². The Balaban J connectivity index is 2.27. The number of carbonyl (C=O) groups is 2. The lowest BCUT2D eigenvalue weighted by Crippen LogP contribution is -2.16. The number of ketones is 1. The average Bonchev–Trinajstić information content (AvgIpc) is 2.66. The maximum absolute atomic E-state index is 11.9. The van der Waals surface area contributed by atoms with Gasteiger partial charge in [0.05, 0.1) is 13.0 Å². The number of rotatable bonds is 3. The smallest absolute Gasteiger partial charge is 0.308 e. The molecule has 0 N–H and O–H groups in total. The van der Waals surface area contributed by atoms with Crippen molar-refractivity contribution < 1.29 is 14.3 Å². The van der Waals surface area contributed by atoms with Crippen molar-refractivity contribution in [3.63, 3.8) is 0 Å². The van der Waals surface area contributed by atoms with E-state index in [1.54, 1.807) is 0 Å². The molecule has 1 aromatic carbocycles. The van der Waals surface area contributed by atoms with E-state index in [4.69, 9.17) is 4.74 Å². The van der Waals surface area contributed by atoms with Crippen molar-refractivity contribution in [1.82, 2.24) is 0 Å². The highest BCUT2D eigenvalue weighted by Crippen LogP contribution is 2.30. The van der Waals surface area contributed by atoms with Crippen molar-refractivity contribution in [1.29, 1.82) is 0 Å². The van der Waals surface area contributed by atoms with Gasteiger partial charge in [0.2, 0.25) is 0 Å². The fraction of sp³-hybridized carbons (Fsp3) is 0.467. The molecule has 1 aliphatic carbocycles. The van der Waals surface area contributed by atoms with Crippen LogP contribution in [-0.4, -0.2) is 18.9 Å². The van der Waals surface area contributed by atoms with E-state index in [0.717, 1.165) is 23.1 Å². The summed E-state index contributed by atoms with van der Waals surface area (Å²) in [6, 6.07) is 5.78. The van der Waals surface area contributed by atoms with Gasteiger partial charge in [-0.05, 0) is 24.0 Å². The van der Waals surface area contributed by atoms with Crippen LogP contribution in [0.1, 0.15) is 35.3 Å². The first-order valence-electron chi connectivity index (χ1n) is 6.27. The molecule has 3 nitrogen and oxygen atoms in total. The van der Waals surface area contributed by atoms with Gasteiger partial charge in [-0.25, -0.2) is 0 Å². The summed E-state index contributed by atoms with van der Waals surface area (Å²) in [5.74, 6) is -0.0929. The summed E-state index contributed by atoms with van der Waals surface area (Å²) in [7, 11) is 1.40. The van der Waals surface area contributed by atoms with Crippen molar-refractivity contribution in [2.45, 2.75) is 26.7 Å². The third-order valence-corrected chi connectivity index (χ3v) is 3.63. The molecule has 2 atom stereocenters. The number of hydrogen-bond donors (Lipinski definition) is 0. The Kier molecular flexibility index (Phi) is 3.50. The van der Waals surface area contributed by atoms with Crippen molar-refractivity contribution >= 4 is 11.8 Å². The molecule has 3 heteroatoms. The number of ether oxygens (including phenoxy) is 1. The molecule has 0 amide bonds. The standard InChI is InChI=1S/C15H18O3/c1-9-8-13-11(7-10(2)15(17)18-3)5-4-6-12(13)14(9)16/h4-6,9-10H,7-8H2,1-3H3. The van der Waals surface area contributed by atoms with Crippen LogP contribution in [0.2, 0.25) is 0 Å². The van der Waals surface area contributed by atoms with Gasteiger partial charge in [0.15, 0.2) is 5.78 Å². The van der Waals surface area contributed by atoms with Crippen LogP contribution >= 0.6 is 0 Å². The predicted octanol–water partition coefficient (Wildman–Crippen LogP) is 2.41. The van der Waals surface area contributed by atoms with Crippen LogP contribution in [0.5, 0.6) is 0 Å². The number of methoxy groups -OCH3 is 1. The molecule has 0 aliphatic heterocycles. The molecule has 0 saturated heterocycles. The molecule has 2 rings (SSSR count). The minimum atomic E-state index is -0.204. The maximum atomic E-state index is 11.9. The van der Waals surface area contributed by atoms with Gasteiger partial charge in [0, 0.05) is 11.5 Å². The minimum Gasteiger partial charge on any atom is -0.469 e. The molecule has 0 spiro atoms. The highest BCUT2D eigenvalue weighted by Gasteiger charge is 2.29. The molecule has 96 valence electrons. The van der Waals surface area contributed by atoms with E-state index in [1.807, 2.05) is 32.0 Å². The molecule has 0 saturated carbocycles. The summed E-state index contributed by atoms with van der Waals surface area (Å²) < 4.78 is 4.74. The van der Waals surface area contributed by atoms with Gasteiger partial charge in [-0.1, -0.05) is 32.0 Å². The Hall–Kier alpha value is -1.64. The van der Waals surface area contributed by atoms with Crippen molar-refractivity contribution in [3.8, 4) is 0 Å². The van der Waals surface area contributed by atoms with E-state index in [1.165, 1.54) is 7.11 Å². The van der Waals surface area contributed by atoms with Crippen LogP contribution in [0.4, 0.5) is 0 Å². The van der Waals surface area contributed by atoms with Crippen molar-refractivity contribution in [2.75, 3.05) is 7.11 Å². The zero-order chi connectivity index (χ0) is 13.3. The zero-order valence-corrected chi connectivity index (χ0v) is 11.0. The molecule has 0 aromatic heterocycles. The SMILES string of the molecule is COC(=O)C(C)Cc1cccc2c1CC(C)C2=O. The van der Waals surface area contributed by atoms with E-state index < -0.39 is 0 Å². The summed E-state index contributed by atoms with van der Waals surface area (Å²) >= 11 is 0. The van der Waals surface area contributed by atoms with E-state index >= 15 is 0 Å². The van der Waals surface area contributed by atoms with E-state index in [-0.39, 0.29) is 23.6 Å². The summed E-state index contributed by atoms with van der Waals surface area (Å²) in [4.78, 5) is 23.4. The van der Waals surface area contributed by atoms with Crippen molar-refractivity contribution in [3.05, 3.63) is 34.9 Å². The summed E-state index contributed by atoms with van der Waals surface area (Å²) in [5, 5.41) is 0. The van der Waals surface area contributed by atoms with Crippen molar-refractivity contribution in [2.24, 2.45) is 11.8 Å². The first-order valence-corrected chi connectivity index (χ1v) is 6.27. The first-order chi connectivity index (χ1) is 8.54. The zero-order valence-electron chi connectivity index (χ0n) is 11.0. The Morgan fingerprint density at radius 3 is 2.89 bits per heavy atom. The third-order valence-electron chi connectivity index (χ3n) is 3.63. The fourth-order valence-corrected chi connectivity index (χ4v) is 2.58. The number of esters is 1. The van der Waals surface area contributed by atoms with Gasteiger partial charge >= 0.3 is 5.97 Å². The molecule has 1 aliphatic rings. The molecule has 2 unspecified atom stereocenters. The summed E-state index contributed by atoms with van der Waals surface area (Å²) in [6.07, 6.45) is 1.42. The largest absolute Gasteiger partial charge is 0.469 e. The minimum absolute atomic E-state index is 0.0644. The summed E-state index contributed by atoms with van der Waals surface area (Å²) in [5.41, 5.74) is 3.05. The molecule has 0 fully saturated rings. The number of fused-ring (bicyclic) bond motifs is 1. The first kappa shape index (κ1) is 12.8. The van der Waals surface area contributed by atoms with Crippen LogP contribution in [0, 0.1) is 11.8 Å². The van der Waals surface area contributed by atoms with Gasteiger partial charge in [-0.15, -0.1) is 0 Å². The van der Waals surface area contributed by atoms with Gasteiger partial charge in [-0.2, -0.15) is 0 Å².